The van der Waals surface area contributed by atoms with E-state index in [1.807, 2.05) is 0 Å². The van der Waals surface area contributed by atoms with E-state index in [2.05, 4.69) is 10.0 Å². The van der Waals surface area contributed by atoms with E-state index in [-0.39, 0.29) is 28.3 Å². The number of anilines is 2. The lowest BCUT2D eigenvalue weighted by Gasteiger charge is -2.13. The molecule has 2 aromatic carbocycles. The molecule has 0 saturated carbocycles. The smallest absolute Gasteiger partial charge is 0.341 e. The Morgan fingerprint density at radius 1 is 0.966 bits per heavy atom. The molecule has 0 unspecified atom stereocenters. The Labute approximate surface area is 172 Å². The monoisotopic (exact) mass is 430 g/mol. The minimum atomic E-state index is -3.86. The molecule has 3 aromatic rings. The fraction of sp³-hybridized carbons (Fsp3) is 0.100. The SMILES string of the molecule is CCOC(=O)c1ccsc1NC(=O)c1ccccc1NS(=O)(=O)c1ccccc1. The third-order valence-electron chi connectivity index (χ3n) is 3.86. The predicted molar refractivity (Wildman–Crippen MR) is 112 cm³/mol. The minimum absolute atomic E-state index is 0.0815. The van der Waals surface area contributed by atoms with E-state index in [0.717, 1.165) is 0 Å². The molecular weight excluding hydrogens is 412 g/mol. The maximum atomic E-state index is 12.8. The van der Waals surface area contributed by atoms with Gasteiger partial charge in [0, 0.05) is 0 Å². The topological polar surface area (TPSA) is 102 Å². The Morgan fingerprint density at radius 2 is 1.66 bits per heavy atom. The number of benzene rings is 2. The Morgan fingerprint density at radius 3 is 2.38 bits per heavy atom. The summed E-state index contributed by atoms with van der Waals surface area (Å²) in [6.07, 6.45) is 0. The summed E-state index contributed by atoms with van der Waals surface area (Å²) in [4.78, 5) is 24.9. The van der Waals surface area contributed by atoms with Crippen molar-refractivity contribution in [3.05, 3.63) is 77.2 Å². The number of rotatable bonds is 7. The van der Waals surface area contributed by atoms with Crippen LogP contribution in [0.25, 0.3) is 0 Å². The van der Waals surface area contributed by atoms with Crippen LogP contribution in [0.4, 0.5) is 10.7 Å². The number of hydrogen-bond acceptors (Lipinski definition) is 6. The van der Waals surface area contributed by atoms with E-state index in [0.29, 0.717) is 5.00 Å². The summed E-state index contributed by atoms with van der Waals surface area (Å²) in [6, 6.07) is 15.6. The van der Waals surface area contributed by atoms with Gasteiger partial charge >= 0.3 is 5.97 Å². The Kier molecular flexibility index (Phi) is 6.30. The van der Waals surface area contributed by atoms with Gasteiger partial charge in [-0.1, -0.05) is 30.3 Å². The molecule has 0 atom stereocenters. The van der Waals surface area contributed by atoms with Gasteiger partial charge in [-0.3, -0.25) is 9.52 Å². The standard InChI is InChI=1S/C20H18N2O5S2/c1-2-27-20(24)16-12-13-28-19(16)21-18(23)15-10-6-7-11-17(15)22-29(25,26)14-8-4-3-5-9-14/h3-13,22H,2H2,1H3,(H,21,23). The number of amides is 1. The van der Waals surface area contributed by atoms with Crippen molar-refractivity contribution in [2.45, 2.75) is 11.8 Å². The molecule has 150 valence electrons. The van der Waals surface area contributed by atoms with Gasteiger partial charge in [-0.05, 0) is 42.6 Å². The first kappa shape index (κ1) is 20.6. The average Bonchev–Trinajstić information content (AvgIpc) is 3.17. The van der Waals surface area contributed by atoms with Crippen molar-refractivity contribution >= 4 is 43.9 Å². The highest BCUT2D eigenvalue weighted by Gasteiger charge is 2.21. The molecule has 9 heteroatoms. The molecule has 0 saturated heterocycles. The van der Waals surface area contributed by atoms with Crippen LogP contribution in [0.2, 0.25) is 0 Å². The van der Waals surface area contributed by atoms with Gasteiger partial charge in [0.05, 0.1) is 28.3 Å². The van der Waals surface area contributed by atoms with Crippen LogP contribution in [-0.4, -0.2) is 26.9 Å². The van der Waals surface area contributed by atoms with Crippen LogP contribution in [0.15, 0.2) is 70.9 Å². The third kappa shape index (κ3) is 4.82. The van der Waals surface area contributed by atoms with Crippen LogP contribution in [0.1, 0.15) is 27.6 Å². The van der Waals surface area contributed by atoms with Gasteiger partial charge < -0.3 is 10.1 Å². The fourth-order valence-corrected chi connectivity index (χ4v) is 4.39. The van der Waals surface area contributed by atoms with E-state index in [1.54, 1.807) is 48.7 Å². The van der Waals surface area contributed by atoms with Crippen molar-refractivity contribution in [2.24, 2.45) is 0 Å². The van der Waals surface area contributed by atoms with Gasteiger partial charge in [0.1, 0.15) is 5.00 Å². The highest BCUT2D eigenvalue weighted by molar-refractivity contribution is 7.92. The molecule has 1 amide bonds. The molecule has 7 nitrogen and oxygen atoms in total. The molecule has 0 radical (unpaired) electrons. The second kappa shape index (κ2) is 8.89. The summed E-state index contributed by atoms with van der Waals surface area (Å²) in [5.41, 5.74) is 0.492. The van der Waals surface area contributed by atoms with E-state index < -0.39 is 21.9 Å². The van der Waals surface area contributed by atoms with E-state index in [4.69, 9.17) is 4.74 Å². The van der Waals surface area contributed by atoms with Crippen LogP contribution < -0.4 is 10.0 Å². The molecule has 0 bridgehead atoms. The molecular formula is C20H18N2O5S2. The van der Waals surface area contributed by atoms with Gasteiger partial charge in [-0.15, -0.1) is 11.3 Å². The van der Waals surface area contributed by atoms with Gasteiger partial charge in [-0.25, -0.2) is 13.2 Å². The van der Waals surface area contributed by atoms with Crippen molar-refractivity contribution in [1.82, 2.24) is 0 Å². The van der Waals surface area contributed by atoms with Crippen molar-refractivity contribution in [2.75, 3.05) is 16.6 Å². The van der Waals surface area contributed by atoms with Gasteiger partial charge in [0.15, 0.2) is 0 Å². The minimum Gasteiger partial charge on any atom is -0.462 e. The predicted octanol–water partition coefficient (Wildman–Crippen LogP) is 3.98. The second-order valence-corrected chi connectivity index (χ2v) is 8.40. The summed E-state index contributed by atoms with van der Waals surface area (Å²) >= 11 is 1.17. The van der Waals surface area contributed by atoms with Crippen molar-refractivity contribution < 1.29 is 22.7 Å². The van der Waals surface area contributed by atoms with E-state index in [9.17, 15) is 18.0 Å². The van der Waals surface area contributed by atoms with Gasteiger partial charge in [0.25, 0.3) is 15.9 Å². The van der Waals surface area contributed by atoms with Crippen molar-refractivity contribution in [1.29, 1.82) is 0 Å². The zero-order valence-electron chi connectivity index (χ0n) is 15.4. The third-order valence-corrected chi connectivity index (χ3v) is 6.07. The van der Waals surface area contributed by atoms with Crippen molar-refractivity contribution in [3.8, 4) is 0 Å². The number of carbonyl (C=O) groups excluding carboxylic acids is 2. The highest BCUT2D eigenvalue weighted by Crippen LogP contribution is 2.26. The number of sulfonamides is 1. The lowest BCUT2D eigenvalue weighted by Crippen LogP contribution is -2.19. The quantitative estimate of drug-likeness (QED) is 0.552. The second-order valence-electron chi connectivity index (χ2n) is 5.80. The first-order valence-corrected chi connectivity index (χ1v) is 11.0. The lowest BCUT2D eigenvalue weighted by atomic mass is 10.1. The number of para-hydroxylation sites is 1. The summed E-state index contributed by atoms with van der Waals surface area (Å²) in [6.45, 7) is 1.91. The molecule has 1 heterocycles. The van der Waals surface area contributed by atoms with Crippen LogP contribution in [-0.2, 0) is 14.8 Å². The fourth-order valence-electron chi connectivity index (χ4n) is 2.52. The summed E-state index contributed by atoms with van der Waals surface area (Å²) in [5, 5.41) is 4.64. The number of thiophene rings is 1. The number of ether oxygens (including phenoxy) is 1. The molecule has 3 rings (SSSR count). The average molecular weight is 431 g/mol. The molecule has 0 aliphatic heterocycles. The normalized spacial score (nSPS) is 10.9. The Hall–Kier alpha value is -3.17. The molecule has 0 spiro atoms. The van der Waals surface area contributed by atoms with E-state index >= 15 is 0 Å². The Balaban J connectivity index is 1.85. The maximum absolute atomic E-state index is 12.8. The number of nitrogens with one attached hydrogen (secondary N) is 2. The molecule has 0 aliphatic carbocycles. The number of hydrogen-bond donors (Lipinski definition) is 2. The number of carbonyl (C=O) groups is 2. The van der Waals surface area contributed by atoms with Gasteiger partial charge in [-0.2, -0.15) is 0 Å². The van der Waals surface area contributed by atoms with Crippen LogP contribution in [0.3, 0.4) is 0 Å². The largest absolute Gasteiger partial charge is 0.462 e. The molecule has 0 fully saturated rings. The summed E-state index contributed by atoms with van der Waals surface area (Å²) < 4.78 is 32.6. The van der Waals surface area contributed by atoms with E-state index in [1.165, 1.54) is 35.6 Å². The first-order chi connectivity index (χ1) is 13.9. The molecule has 2 N–H and O–H groups in total. The van der Waals surface area contributed by atoms with Crippen LogP contribution in [0, 0.1) is 0 Å². The first-order valence-electron chi connectivity index (χ1n) is 8.65. The summed E-state index contributed by atoms with van der Waals surface area (Å²) in [5.74, 6) is -1.09. The summed E-state index contributed by atoms with van der Waals surface area (Å²) in [7, 11) is -3.86. The van der Waals surface area contributed by atoms with Crippen molar-refractivity contribution in [3.63, 3.8) is 0 Å². The zero-order valence-corrected chi connectivity index (χ0v) is 17.0. The van der Waals surface area contributed by atoms with Gasteiger partial charge in [0.2, 0.25) is 0 Å². The lowest BCUT2D eigenvalue weighted by molar-refractivity contribution is 0.0528. The highest BCUT2D eigenvalue weighted by atomic mass is 32.2. The zero-order chi connectivity index (χ0) is 20.9. The maximum Gasteiger partial charge on any atom is 0.341 e. The molecule has 1 aromatic heterocycles. The molecule has 29 heavy (non-hydrogen) atoms. The van der Waals surface area contributed by atoms with Crippen LogP contribution >= 0.6 is 11.3 Å². The van der Waals surface area contributed by atoms with Crippen LogP contribution in [0.5, 0.6) is 0 Å². The number of esters is 1. The Bertz CT molecular complexity index is 1120. The molecule has 0 aliphatic rings.